The Hall–Kier alpha value is -3.55. The third kappa shape index (κ3) is 6.42. The molecule has 0 radical (unpaired) electrons. The summed E-state index contributed by atoms with van der Waals surface area (Å²) in [6.07, 6.45) is 5.97. The van der Waals surface area contributed by atoms with Gasteiger partial charge in [0.2, 0.25) is 0 Å². The summed E-state index contributed by atoms with van der Waals surface area (Å²) in [5, 5.41) is 0.343. The van der Waals surface area contributed by atoms with Gasteiger partial charge in [-0.1, -0.05) is 68.8 Å². The Bertz CT molecular complexity index is 1300. The molecule has 4 aromatic rings. The number of aromatic nitrogens is 4. The van der Waals surface area contributed by atoms with Gasteiger partial charge in [0.25, 0.3) is 5.91 Å². The molecule has 0 bridgehead atoms. The van der Waals surface area contributed by atoms with Crippen molar-refractivity contribution in [3.63, 3.8) is 0 Å². The molecule has 0 aliphatic carbocycles. The van der Waals surface area contributed by atoms with Crippen LogP contribution in [0.5, 0.6) is 0 Å². The molecule has 0 aliphatic heterocycles. The van der Waals surface area contributed by atoms with Crippen molar-refractivity contribution in [1.82, 2.24) is 24.4 Å². The number of pyridine rings is 2. The molecule has 3 aromatic heterocycles. The van der Waals surface area contributed by atoms with Crippen molar-refractivity contribution in [3.05, 3.63) is 101 Å². The lowest BCUT2D eigenvalue weighted by atomic mass is 9.84. The maximum atomic E-state index is 13.9. The van der Waals surface area contributed by atoms with E-state index in [1.165, 1.54) is 6.20 Å². The number of imidazole rings is 1. The van der Waals surface area contributed by atoms with Gasteiger partial charge in [-0.2, -0.15) is 0 Å². The Labute approximate surface area is 223 Å². The van der Waals surface area contributed by atoms with Gasteiger partial charge < -0.3 is 15.2 Å². The average Bonchev–Trinajstić information content (AvgIpc) is 3.29. The quantitative estimate of drug-likeness (QED) is 0.291. The minimum atomic E-state index is -0.344. The minimum Gasteiger partial charge on any atom is -0.330 e. The van der Waals surface area contributed by atoms with Gasteiger partial charge >= 0.3 is 0 Å². The Morgan fingerprint density at radius 1 is 1.03 bits per heavy atom. The predicted molar refractivity (Wildman–Crippen MR) is 147 cm³/mol. The molecule has 0 unspecified atom stereocenters. The summed E-state index contributed by atoms with van der Waals surface area (Å²) in [5.41, 5.74) is 8.72. The highest BCUT2D eigenvalue weighted by Crippen LogP contribution is 2.39. The van der Waals surface area contributed by atoms with E-state index in [-0.39, 0.29) is 17.4 Å². The molecule has 1 aromatic carbocycles. The van der Waals surface area contributed by atoms with Crippen LogP contribution in [0, 0.1) is 5.41 Å². The molecule has 192 valence electrons. The van der Waals surface area contributed by atoms with Crippen LogP contribution in [-0.2, 0) is 6.54 Å². The van der Waals surface area contributed by atoms with E-state index in [9.17, 15) is 4.79 Å². The standard InChI is InChI=1S/C29H33ClN6O/c1-29(2,3)26(36(17-9-15-31)28(37)22-13-14-25(30)33-18-22)27-34-24(23-12-7-8-16-32-23)20-35(27)19-21-10-5-4-6-11-21/h4-8,10-14,16,18,20,26H,9,15,17,19,31H2,1-3H3/t26-/m0/s1. The molecule has 37 heavy (non-hydrogen) atoms. The molecule has 0 saturated carbocycles. The monoisotopic (exact) mass is 516 g/mol. The molecule has 2 N–H and O–H groups in total. The molecular formula is C29H33ClN6O. The van der Waals surface area contributed by atoms with E-state index in [1.54, 1.807) is 18.3 Å². The van der Waals surface area contributed by atoms with Crippen LogP contribution in [0.1, 0.15) is 55.0 Å². The first kappa shape index (κ1) is 26.5. The smallest absolute Gasteiger partial charge is 0.256 e. The van der Waals surface area contributed by atoms with Gasteiger partial charge in [0.1, 0.15) is 16.7 Å². The Morgan fingerprint density at radius 3 is 2.41 bits per heavy atom. The van der Waals surface area contributed by atoms with Gasteiger partial charge in [-0.3, -0.25) is 9.78 Å². The van der Waals surface area contributed by atoms with Gasteiger partial charge in [0.05, 0.1) is 17.3 Å². The van der Waals surface area contributed by atoms with E-state index in [0.717, 1.165) is 22.8 Å². The lowest BCUT2D eigenvalue weighted by Gasteiger charge is -2.40. The topological polar surface area (TPSA) is 89.9 Å². The van der Waals surface area contributed by atoms with Crippen LogP contribution in [0.3, 0.4) is 0 Å². The number of carbonyl (C=O) groups excluding carboxylic acids is 1. The van der Waals surface area contributed by atoms with Crippen molar-refractivity contribution in [3.8, 4) is 11.4 Å². The van der Waals surface area contributed by atoms with Crippen LogP contribution in [0.2, 0.25) is 5.15 Å². The van der Waals surface area contributed by atoms with Crippen molar-refractivity contribution >= 4 is 17.5 Å². The highest BCUT2D eigenvalue weighted by atomic mass is 35.5. The molecule has 0 aliphatic rings. The molecule has 0 spiro atoms. The molecule has 7 nitrogen and oxygen atoms in total. The zero-order valence-electron chi connectivity index (χ0n) is 21.5. The SMILES string of the molecule is CC(C)(C)[C@H](c1nc(-c2ccccn2)cn1Cc1ccccc1)N(CCCN)C(=O)c1ccc(Cl)nc1. The van der Waals surface area contributed by atoms with Crippen LogP contribution in [0.4, 0.5) is 0 Å². The van der Waals surface area contributed by atoms with E-state index in [1.807, 2.05) is 47.5 Å². The molecular weight excluding hydrogens is 484 g/mol. The van der Waals surface area contributed by atoms with E-state index in [2.05, 4.69) is 47.4 Å². The fraction of sp³-hybridized carbons (Fsp3) is 0.310. The zero-order valence-corrected chi connectivity index (χ0v) is 22.3. The third-order valence-electron chi connectivity index (χ3n) is 6.15. The number of hydrogen-bond donors (Lipinski definition) is 1. The molecule has 0 saturated heterocycles. The fourth-order valence-electron chi connectivity index (χ4n) is 4.46. The van der Waals surface area contributed by atoms with Gasteiger partial charge in [0.15, 0.2) is 0 Å². The molecule has 0 fully saturated rings. The van der Waals surface area contributed by atoms with Gasteiger partial charge in [0, 0.05) is 31.7 Å². The summed E-state index contributed by atoms with van der Waals surface area (Å²) in [6.45, 7) is 7.95. The summed E-state index contributed by atoms with van der Waals surface area (Å²) < 4.78 is 2.14. The number of amides is 1. The number of carbonyl (C=O) groups is 1. The second-order valence-electron chi connectivity index (χ2n) is 10.1. The maximum Gasteiger partial charge on any atom is 0.256 e. The second-order valence-corrected chi connectivity index (χ2v) is 10.5. The number of nitrogens with zero attached hydrogens (tertiary/aromatic N) is 5. The number of rotatable bonds is 9. The second kappa shape index (κ2) is 11.7. The molecule has 8 heteroatoms. The molecule has 1 atom stereocenters. The molecule has 3 heterocycles. The van der Waals surface area contributed by atoms with Gasteiger partial charge in [-0.25, -0.2) is 9.97 Å². The normalized spacial score (nSPS) is 12.4. The molecule has 1 amide bonds. The van der Waals surface area contributed by atoms with Gasteiger partial charge in [-0.15, -0.1) is 0 Å². The van der Waals surface area contributed by atoms with E-state index >= 15 is 0 Å². The highest BCUT2D eigenvalue weighted by Gasteiger charge is 2.38. The van der Waals surface area contributed by atoms with Crippen LogP contribution < -0.4 is 5.73 Å². The highest BCUT2D eigenvalue weighted by molar-refractivity contribution is 6.29. The minimum absolute atomic E-state index is 0.133. The predicted octanol–water partition coefficient (Wildman–Crippen LogP) is 5.62. The number of hydrogen-bond acceptors (Lipinski definition) is 5. The maximum absolute atomic E-state index is 13.9. The van der Waals surface area contributed by atoms with Crippen molar-refractivity contribution in [2.75, 3.05) is 13.1 Å². The van der Waals surface area contributed by atoms with Crippen molar-refractivity contribution in [2.45, 2.75) is 39.8 Å². The average molecular weight is 517 g/mol. The summed E-state index contributed by atoms with van der Waals surface area (Å²) in [4.78, 5) is 29.6. The Kier molecular flexibility index (Phi) is 8.36. The van der Waals surface area contributed by atoms with Gasteiger partial charge in [-0.05, 0) is 48.2 Å². The largest absolute Gasteiger partial charge is 0.330 e. The van der Waals surface area contributed by atoms with E-state index < -0.39 is 0 Å². The Morgan fingerprint density at radius 2 is 1.78 bits per heavy atom. The zero-order chi connectivity index (χ0) is 26.4. The van der Waals surface area contributed by atoms with Crippen LogP contribution in [-0.4, -0.2) is 43.4 Å². The number of nitrogens with two attached hydrogens (primary N) is 1. The van der Waals surface area contributed by atoms with Crippen molar-refractivity contribution in [1.29, 1.82) is 0 Å². The summed E-state index contributed by atoms with van der Waals surface area (Å²) >= 11 is 6.00. The first-order valence-electron chi connectivity index (χ1n) is 12.4. The first-order valence-corrected chi connectivity index (χ1v) is 12.8. The van der Waals surface area contributed by atoms with Crippen LogP contribution in [0.15, 0.2) is 79.3 Å². The van der Waals surface area contributed by atoms with Crippen molar-refractivity contribution < 1.29 is 4.79 Å². The van der Waals surface area contributed by atoms with E-state index in [0.29, 0.717) is 36.8 Å². The van der Waals surface area contributed by atoms with Crippen LogP contribution in [0.25, 0.3) is 11.4 Å². The third-order valence-corrected chi connectivity index (χ3v) is 6.37. The van der Waals surface area contributed by atoms with Crippen molar-refractivity contribution in [2.24, 2.45) is 11.1 Å². The fourth-order valence-corrected chi connectivity index (χ4v) is 4.58. The summed E-state index contributed by atoms with van der Waals surface area (Å²) in [7, 11) is 0. The molecule has 4 rings (SSSR count). The van der Waals surface area contributed by atoms with E-state index in [4.69, 9.17) is 22.3 Å². The lowest BCUT2D eigenvalue weighted by molar-refractivity contribution is 0.0482. The number of halogens is 1. The first-order chi connectivity index (χ1) is 17.8. The lowest BCUT2D eigenvalue weighted by Crippen LogP contribution is -2.43. The van der Waals surface area contributed by atoms with Crippen LogP contribution >= 0.6 is 11.6 Å². The summed E-state index contributed by atoms with van der Waals surface area (Å²) in [6, 6.07) is 19.0. The summed E-state index contributed by atoms with van der Waals surface area (Å²) in [5.74, 6) is 0.662. The number of benzene rings is 1. The Balaban J connectivity index is 1.85.